The fourth-order valence-corrected chi connectivity index (χ4v) is 7.21. The van der Waals surface area contributed by atoms with E-state index in [1.807, 2.05) is 106 Å². The summed E-state index contributed by atoms with van der Waals surface area (Å²) in [6.45, 7) is 25.6. The predicted molar refractivity (Wildman–Crippen MR) is 240 cm³/mol. The molecule has 4 N–H and O–H groups in total. The number of aromatic amines is 2. The van der Waals surface area contributed by atoms with Crippen molar-refractivity contribution in [2.45, 2.75) is 119 Å². The average Bonchev–Trinajstić information content (AvgIpc) is 3.84. The van der Waals surface area contributed by atoms with Gasteiger partial charge in [-0.25, -0.2) is 19.6 Å². The van der Waals surface area contributed by atoms with Crippen molar-refractivity contribution in [3.8, 4) is 33.6 Å². The number of carbonyl (C=O) groups excluding carboxylic acids is 4. The van der Waals surface area contributed by atoms with Crippen LogP contribution in [0.5, 0.6) is 0 Å². The quantitative estimate of drug-likeness (QED) is 0.103. The third-order valence-corrected chi connectivity index (χ3v) is 12.7. The van der Waals surface area contributed by atoms with Crippen molar-refractivity contribution in [3.63, 3.8) is 0 Å². The van der Waals surface area contributed by atoms with Crippen molar-refractivity contribution in [2.75, 3.05) is 26.2 Å². The van der Waals surface area contributed by atoms with Gasteiger partial charge in [0.15, 0.2) is 11.2 Å². The van der Waals surface area contributed by atoms with Crippen LogP contribution < -0.4 is 10.6 Å². The Kier molecular flexibility index (Phi) is 13.0. The third kappa shape index (κ3) is 9.69. The van der Waals surface area contributed by atoms with E-state index < -0.39 is 46.3 Å². The Labute approximate surface area is 366 Å². The van der Waals surface area contributed by atoms with E-state index in [4.69, 9.17) is 19.4 Å². The lowest BCUT2D eigenvalue weighted by atomic mass is 9.84. The average molecular weight is 851 g/mol. The monoisotopic (exact) mass is 851 g/mol. The molecule has 0 bridgehead atoms. The molecule has 6 rings (SSSR count). The van der Waals surface area contributed by atoms with Crippen molar-refractivity contribution in [3.05, 3.63) is 72.6 Å². The zero-order valence-corrected chi connectivity index (χ0v) is 38.6. The highest BCUT2D eigenvalue weighted by atomic mass is 16.6. The van der Waals surface area contributed by atoms with Crippen LogP contribution in [0.1, 0.15) is 120 Å². The van der Waals surface area contributed by atoms with Gasteiger partial charge in [0.25, 0.3) is 11.8 Å². The largest absolute Gasteiger partial charge is 0.433 e. The Balaban J connectivity index is 1.13. The Bertz CT molecular complexity index is 2070. The van der Waals surface area contributed by atoms with Crippen LogP contribution >= 0.6 is 0 Å². The molecule has 0 saturated carbocycles. The molecule has 14 nitrogen and oxygen atoms in total. The molecule has 2 saturated heterocycles. The van der Waals surface area contributed by atoms with Gasteiger partial charge in [-0.05, 0) is 48.6 Å². The molecule has 4 amide bonds. The van der Waals surface area contributed by atoms with E-state index in [9.17, 15) is 19.2 Å². The molecule has 2 fully saturated rings. The number of imidazole rings is 2. The topological polar surface area (TPSA) is 175 Å². The first-order chi connectivity index (χ1) is 29.0. The molecule has 0 aliphatic carbocycles. The Morgan fingerprint density at radius 2 is 0.855 bits per heavy atom. The van der Waals surface area contributed by atoms with Crippen LogP contribution in [0.25, 0.3) is 33.6 Å². The summed E-state index contributed by atoms with van der Waals surface area (Å²) in [6, 6.07) is 15.3. The van der Waals surface area contributed by atoms with Crippen LogP contribution in [0.3, 0.4) is 0 Å². The summed E-state index contributed by atoms with van der Waals surface area (Å²) in [7, 11) is 0. The van der Waals surface area contributed by atoms with Crippen LogP contribution in [-0.2, 0) is 19.1 Å². The standard InChI is InChI=1S/C48H66N8O6/c1-29(2)47(11,61-43(59)55-23-13-24-55)41(57)53-37(45(5,6)7)39-49-27-35(51-39)33-19-15-31(16-20-33)32-17-21-34(22-18-32)36-28-50-40(52-36)38(46(8,9)10)54-42(58)48(12,30(3)4)62-44(60)56-25-14-26-56/h15-22,27-30,37-38H,13-14,23-26H2,1-12H3,(H,49,51)(H,50,52)(H,53,57)(H,54,58)/t37-,38-,47?,48?/m1/s1. The van der Waals surface area contributed by atoms with Crippen LogP contribution in [0, 0.1) is 22.7 Å². The van der Waals surface area contributed by atoms with Gasteiger partial charge >= 0.3 is 12.2 Å². The second kappa shape index (κ2) is 17.6. The third-order valence-electron chi connectivity index (χ3n) is 12.7. The van der Waals surface area contributed by atoms with E-state index in [-0.39, 0.29) is 23.7 Å². The van der Waals surface area contributed by atoms with Gasteiger partial charge in [0.1, 0.15) is 11.6 Å². The van der Waals surface area contributed by atoms with E-state index in [1.54, 1.807) is 23.6 Å². The number of carbonyl (C=O) groups is 4. The molecular formula is C48H66N8O6. The van der Waals surface area contributed by atoms with Gasteiger partial charge in [0, 0.05) is 61.5 Å². The summed E-state index contributed by atoms with van der Waals surface area (Å²) in [6.07, 6.45) is 4.61. The van der Waals surface area contributed by atoms with Gasteiger partial charge in [-0.2, -0.15) is 0 Å². The predicted octanol–water partition coefficient (Wildman–Crippen LogP) is 9.05. The number of benzene rings is 2. The fourth-order valence-electron chi connectivity index (χ4n) is 7.21. The summed E-state index contributed by atoms with van der Waals surface area (Å²) in [5, 5.41) is 6.32. The Morgan fingerprint density at radius 1 is 0.548 bits per heavy atom. The number of rotatable bonds is 13. The Hall–Kier alpha value is -5.66. The minimum Gasteiger partial charge on any atom is -0.433 e. The molecule has 2 aromatic heterocycles. The first kappa shape index (κ1) is 45.9. The second-order valence-corrected chi connectivity index (χ2v) is 20.0. The number of likely N-dealkylation sites (tertiary alicyclic amines) is 2. The smallest absolute Gasteiger partial charge is 0.410 e. The molecule has 4 aromatic rings. The van der Waals surface area contributed by atoms with Crippen LogP contribution in [-0.4, -0.2) is 91.1 Å². The van der Waals surface area contributed by atoms with E-state index in [0.29, 0.717) is 37.8 Å². The maximum Gasteiger partial charge on any atom is 0.410 e. The molecule has 14 heteroatoms. The number of hydrogen-bond donors (Lipinski definition) is 4. The summed E-state index contributed by atoms with van der Waals surface area (Å²) in [5.41, 5.74) is 1.80. The number of nitrogens with one attached hydrogen (secondary N) is 4. The van der Waals surface area contributed by atoms with Gasteiger partial charge in [0.2, 0.25) is 0 Å². The van der Waals surface area contributed by atoms with Crippen molar-refractivity contribution >= 4 is 24.0 Å². The van der Waals surface area contributed by atoms with E-state index in [0.717, 1.165) is 46.5 Å². The SMILES string of the molecule is CC(C)C(C)(OC(=O)N1CCC1)C(=O)N[C@H](c1nc(-c2ccc(-c3ccc(-c4c[nH]c([C@@H](NC(=O)C(C)(OC(=O)N5CCC5)C(C)C)C(C)(C)C)n4)cc3)cc2)c[nH]1)C(C)(C)C. The highest BCUT2D eigenvalue weighted by molar-refractivity contribution is 5.89. The van der Waals surface area contributed by atoms with Crippen LogP contribution in [0.15, 0.2) is 60.9 Å². The van der Waals surface area contributed by atoms with Gasteiger partial charge in [-0.3, -0.25) is 9.59 Å². The Morgan fingerprint density at radius 3 is 1.11 bits per heavy atom. The molecule has 2 aromatic carbocycles. The zero-order chi connectivity index (χ0) is 45.4. The number of aromatic nitrogens is 4. The highest BCUT2D eigenvalue weighted by Gasteiger charge is 2.46. The number of H-pyrrole nitrogens is 2. The number of nitrogens with zero attached hydrogens (tertiary/aromatic N) is 4. The van der Waals surface area contributed by atoms with Crippen LogP contribution in [0.2, 0.25) is 0 Å². The summed E-state index contributed by atoms with van der Waals surface area (Å²) in [4.78, 5) is 73.0. The normalized spacial score (nSPS) is 17.3. The summed E-state index contributed by atoms with van der Waals surface area (Å²) < 4.78 is 11.7. The van der Waals surface area contributed by atoms with Gasteiger partial charge in [-0.15, -0.1) is 0 Å². The lowest BCUT2D eigenvalue weighted by Crippen LogP contribution is -2.56. The maximum atomic E-state index is 13.9. The van der Waals surface area contributed by atoms with Gasteiger partial charge < -0.3 is 39.9 Å². The highest BCUT2D eigenvalue weighted by Crippen LogP contribution is 2.37. The van der Waals surface area contributed by atoms with Gasteiger partial charge in [-0.1, -0.05) is 118 Å². The summed E-state index contributed by atoms with van der Waals surface area (Å²) >= 11 is 0. The van der Waals surface area contributed by atoms with Crippen molar-refractivity contribution in [1.29, 1.82) is 0 Å². The van der Waals surface area contributed by atoms with Crippen molar-refractivity contribution in [1.82, 2.24) is 40.4 Å². The van der Waals surface area contributed by atoms with Crippen molar-refractivity contribution < 1.29 is 28.7 Å². The minimum absolute atomic E-state index is 0.261. The van der Waals surface area contributed by atoms with E-state index in [2.05, 4.69) is 44.9 Å². The maximum absolute atomic E-state index is 13.9. The zero-order valence-electron chi connectivity index (χ0n) is 38.6. The molecular weight excluding hydrogens is 785 g/mol. The van der Waals surface area contributed by atoms with Gasteiger partial charge in [0.05, 0.1) is 23.5 Å². The van der Waals surface area contributed by atoms with E-state index in [1.165, 1.54) is 0 Å². The number of hydrogen-bond acceptors (Lipinski definition) is 8. The first-order valence-corrected chi connectivity index (χ1v) is 21.9. The second-order valence-electron chi connectivity index (χ2n) is 20.0. The molecule has 62 heavy (non-hydrogen) atoms. The first-order valence-electron chi connectivity index (χ1n) is 21.9. The summed E-state index contributed by atoms with van der Waals surface area (Å²) in [5.74, 6) is -0.0429. The fraction of sp³-hybridized carbons (Fsp3) is 0.542. The minimum atomic E-state index is -1.36. The molecule has 4 atom stereocenters. The number of ether oxygens (including phenoxy) is 2. The van der Waals surface area contributed by atoms with Crippen molar-refractivity contribution in [2.24, 2.45) is 22.7 Å². The van der Waals surface area contributed by atoms with E-state index >= 15 is 0 Å². The lowest BCUT2D eigenvalue weighted by Gasteiger charge is -2.39. The lowest BCUT2D eigenvalue weighted by molar-refractivity contribution is -0.146. The number of amides is 4. The molecule has 0 radical (unpaired) electrons. The molecule has 0 spiro atoms. The molecule has 2 aliphatic heterocycles. The molecule has 334 valence electrons. The molecule has 4 heterocycles. The molecule has 2 aliphatic rings. The van der Waals surface area contributed by atoms with Crippen LogP contribution in [0.4, 0.5) is 9.59 Å². The molecule has 2 unspecified atom stereocenters.